The summed E-state index contributed by atoms with van der Waals surface area (Å²) in [7, 11) is 0. The van der Waals surface area contributed by atoms with Gasteiger partial charge in [0.1, 0.15) is 5.75 Å². The SMILES string of the molecule is CCC1Oc2ccccc2N(CCC(=O)N2CCc3ccccc3C2)C1=O. The van der Waals surface area contributed by atoms with E-state index in [9.17, 15) is 9.59 Å². The lowest BCUT2D eigenvalue weighted by molar-refractivity contribution is -0.132. The molecule has 2 aliphatic heterocycles. The second-order valence-electron chi connectivity index (χ2n) is 7.06. The number of anilines is 1. The highest BCUT2D eigenvalue weighted by molar-refractivity contribution is 6.00. The van der Waals surface area contributed by atoms with E-state index in [-0.39, 0.29) is 11.8 Å². The topological polar surface area (TPSA) is 49.9 Å². The van der Waals surface area contributed by atoms with E-state index in [0.29, 0.717) is 31.7 Å². The third-order valence-electron chi connectivity index (χ3n) is 5.37. The predicted molar refractivity (Wildman–Crippen MR) is 104 cm³/mol. The molecule has 0 bridgehead atoms. The van der Waals surface area contributed by atoms with Crippen LogP contribution in [0.15, 0.2) is 48.5 Å². The largest absolute Gasteiger partial charge is 0.478 e. The molecule has 0 saturated heterocycles. The Hall–Kier alpha value is -2.82. The minimum atomic E-state index is -0.475. The van der Waals surface area contributed by atoms with Crippen molar-refractivity contribution in [2.75, 3.05) is 18.0 Å². The second kappa shape index (κ2) is 7.43. The van der Waals surface area contributed by atoms with Crippen molar-refractivity contribution < 1.29 is 14.3 Å². The van der Waals surface area contributed by atoms with Gasteiger partial charge in [-0.25, -0.2) is 0 Å². The Kier molecular flexibility index (Phi) is 4.84. The van der Waals surface area contributed by atoms with Crippen LogP contribution in [0, 0.1) is 0 Å². The Bertz CT molecular complexity index is 864. The molecule has 2 aliphatic rings. The average molecular weight is 364 g/mol. The van der Waals surface area contributed by atoms with Gasteiger partial charge in [0.15, 0.2) is 6.10 Å². The molecule has 27 heavy (non-hydrogen) atoms. The van der Waals surface area contributed by atoms with Gasteiger partial charge >= 0.3 is 0 Å². The van der Waals surface area contributed by atoms with Crippen LogP contribution in [0.5, 0.6) is 5.75 Å². The van der Waals surface area contributed by atoms with Gasteiger partial charge in [-0.1, -0.05) is 43.3 Å². The normalized spacial score (nSPS) is 18.6. The molecule has 2 heterocycles. The number of carbonyl (C=O) groups excluding carboxylic acids is 2. The van der Waals surface area contributed by atoms with E-state index >= 15 is 0 Å². The first-order valence-electron chi connectivity index (χ1n) is 9.59. The number of ether oxygens (including phenoxy) is 1. The van der Waals surface area contributed by atoms with Crippen molar-refractivity contribution in [3.8, 4) is 5.75 Å². The van der Waals surface area contributed by atoms with Crippen molar-refractivity contribution in [2.24, 2.45) is 0 Å². The van der Waals surface area contributed by atoms with Crippen molar-refractivity contribution in [1.29, 1.82) is 0 Å². The zero-order valence-electron chi connectivity index (χ0n) is 15.6. The van der Waals surface area contributed by atoms with E-state index in [2.05, 4.69) is 12.1 Å². The van der Waals surface area contributed by atoms with Crippen LogP contribution in [0.4, 0.5) is 5.69 Å². The first-order chi connectivity index (χ1) is 13.2. The summed E-state index contributed by atoms with van der Waals surface area (Å²) < 4.78 is 5.80. The number of hydrogen-bond donors (Lipinski definition) is 0. The smallest absolute Gasteiger partial charge is 0.268 e. The highest BCUT2D eigenvalue weighted by Crippen LogP contribution is 2.34. The van der Waals surface area contributed by atoms with E-state index in [0.717, 1.165) is 18.7 Å². The minimum Gasteiger partial charge on any atom is -0.478 e. The second-order valence-corrected chi connectivity index (χ2v) is 7.06. The highest BCUT2D eigenvalue weighted by atomic mass is 16.5. The molecular formula is C22H24N2O3. The Morgan fingerprint density at radius 1 is 1.11 bits per heavy atom. The van der Waals surface area contributed by atoms with Crippen LogP contribution < -0.4 is 9.64 Å². The van der Waals surface area contributed by atoms with Gasteiger partial charge in [0.25, 0.3) is 5.91 Å². The van der Waals surface area contributed by atoms with Crippen LogP contribution in [0.3, 0.4) is 0 Å². The molecule has 0 aromatic heterocycles. The highest BCUT2D eigenvalue weighted by Gasteiger charge is 2.33. The van der Waals surface area contributed by atoms with Gasteiger partial charge in [-0.15, -0.1) is 0 Å². The number of fused-ring (bicyclic) bond motifs is 2. The van der Waals surface area contributed by atoms with Gasteiger partial charge in [0.05, 0.1) is 5.69 Å². The molecule has 4 rings (SSSR count). The van der Waals surface area contributed by atoms with Crippen LogP contribution in [0.1, 0.15) is 30.9 Å². The molecule has 0 fully saturated rings. The maximum absolute atomic E-state index is 12.8. The van der Waals surface area contributed by atoms with E-state index in [1.807, 2.05) is 48.2 Å². The Labute approximate surface area is 159 Å². The van der Waals surface area contributed by atoms with Gasteiger partial charge in [-0.3, -0.25) is 9.59 Å². The molecule has 0 radical (unpaired) electrons. The van der Waals surface area contributed by atoms with E-state index in [4.69, 9.17) is 4.74 Å². The van der Waals surface area contributed by atoms with Crippen molar-refractivity contribution >= 4 is 17.5 Å². The summed E-state index contributed by atoms with van der Waals surface area (Å²) in [6, 6.07) is 15.8. The summed E-state index contributed by atoms with van der Waals surface area (Å²) in [5.41, 5.74) is 3.30. The van der Waals surface area contributed by atoms with Crippen molar-refractivity contribution in [3.63, 3.8) is 0 Å². The van der Waals surface area contributed by atoms with Crippen LogP contribution in [-0.4, -0.2) is 35.9 Å². The molecule has 0 N–H and O–H groups in total. The van der Waals surface area contributed by atoms with Gasteiger partial charge in [0, 0.05) is 26.1 Å². The maximum Gasteiger partial charge on any atom is 0.268 e. The molecule has 5 nitrogen and oxygen atoms in total. The lowest BCUT2D eigenvalue weighted by Crippen LogP contribution is -2.47. The Morgan fingerprint density at radius 3 is 2.67 bits per heavy atom. The summed E-state index contributed by atoms with van der Waals surface area (Å²) in [4.78, 5) is 29.1. The lowest BCUT2D eigenvalue weighted by Gasteiger charge is -2.35. The summed E-state index contributed by atoms with van der Waals surface area (Å²) >= 11 is 0. The number of carbonyl (C=O) groups is 2. The van der Waals surface area contributed by atoms with Crippen molar-refractivity contribution in [1.82, 2.24) is 4.90 Å². The molecule has 2 amide bonds. The third kappa shape index (κ3) is 3.42. The average Bonchev–Trinajstić information content (AvgIpc) is 2.72. The van der Waals surface area contributed by atoms with Crippen LogP contribution in [-0.2, 0) is 22.6 Å². The molecule has 2 aromatic carbocycles. The molecule has 1 unspecified atom stereocenters. The number of hydrogen-bond acceptors (Lipinski definition) is 3. The summed E-state index contributed by atoms with van der Waals surface area (Å²) in [6.07, 6.45) is 1.34. The number of rotatable bonds is 4. The molecule has 5 heteroatoms. The Balaban J connectivity index is 1.45. The molecule has 2 aromatic rings. The summed E-state index contributed by atoms with van der Waals surface area (Å²) in [5.74, 6) is 0.741. The zero-order chi connectivity index (χ0) is 18.8. The van der Waals surface area contributed by atoms with Crippen LogP contribution in [0.25, 0.3) is 0 Å². The molecule has 0 spiro atoms. The minimum absolute atomic E-state index is 0.0620. The quantitative estimate of drug-likeness (QED) is 0.837. The number of nitrogens with zero attached hydrogens (tertiary/aromatic N) is 2. The molecular weight excluding hydrogens is 340 g/mol. The van der Waals surface area contributed by atoms with Crippen molar-refractivity contribution in [3.05, 3.63) is 59.7 Å². The number of amides is 2. The van der Waals surface area contributed by atoms with Gasteiger partial charge in [-0.05, 0) is 36.1 Å². The monoisotopic (exact) mass is 364 g/mol. The van der Waals surface area contributed by atoms with Crippen LogP contribution in [0.2, 0.25) is 0 Å². The number of para-hydroxylation sites is 2. The fraction of sp³-hybridized carbons (Fsp3) is 0.364. The van der Waals surface area contributed by atoms with E-state index in [1.54, 1.807) is 4.90 Å². The van der Waals surface area contributed by atoms with Gasteiger partial charge in [-0.2, -0.15) is 0 Å². The van der Waals surface area contributed by atoms with Gasteiger partial charge in [0.2, 0.25) is 5.91 Å². The van der Waals surface area contributed by atoms with Crippen LogP contribution >= 0.6 is 0 Å². The third-order valence-corrected chi connectivity index (χ3v) is 5.37. The fourth-order valence-electron chi connectivity index (χ4n) is 3.84. The predicted octanol–water partition coefficient (Wildman–Crippen LogP) is 3.17. The molecule has 0 saturated carbocycles. The first kappa shape index (κ1) is 17.6. The zero-order valence-corrected chi connectivity index (χ0v) is 15.6. The standard InChI is InChI=1S/C22H24N2O3/c1-2-19-22(26)24(18-9-5-6-10-20(18)27-19)14-12-21(25)23-13-11-16-7-3-4-8-17(16)15-23/h3-10,19H,2,11-15H2,1H3. The summed E-state index contributed by atoms with van der Waals surface area (Å²) in [6.45, 7) is 3.71. The summed E-state index contributed by atoms with van der Waals surface area (Å²) in [5, 5.41) is 0. The number of benzene rings is 2. The van der Waals surface area contributed by atoms with Gasteiger partial charge < -0.3 is 14.5 Å². The molecule has 0 aliphatic carbocycles. The Morgan fingerprint density at radius 2 is 1.85 bits per heavy atom. The van der Waals surface area contributed by atoms with Crippen molar-refractivity contribution in [2.45, 2.75) is 38.8 Å². The molecule has 140 valence electrons. The van der Waals surface area contributed by atoms with E-state index in [1.165, 1.54) is 11.1 Å². The first-order valence-corrected chi connectivity index (χ1v) is 9.59. The maximum atomic E-state index is 12.8. The molecule has 1 atom stereocenters. The van der Waals surface area contributed by atoms with E-state index < -0.39 is 6.10 Å². The lowest BCUT2D eigenvalue weighted by atomic mass is 10.00. The fourth-order valence-corrected chi connectivity index (χ4v) is 3.84.